The van der Waals surface area contributed by atoms with E-state index < -0.39 is 5.95 Å². The number of amides is 1. The summed E-state index contributed by atoms with van der Waals surface area (Å²) < 4.78 is 16.7. The van der Waals surface area contributed by atoms with Crippen LogP contribution in [0.3, 0.4) is 0 Å². The Bertz CT molecular complexity index is 1210. The summed E-state index contributed by atoms with van der Waals surface area (Å²) in [4.78, 5) is 26.7. The molecule has 0 fully saturated rings. The Morgan fingerprint density at radius 2 is 1.94 bits per heavy atom. The molecule has 0 aliphatic heterocycles. The lowest BCUT2D eigenvalue weighted by molar-refractivity contribution is -0.705. The SMILES string of the molecule is CCOC(=O)c1c(NC(=O)CCSc2c([O-])on[n+]2-c2ccc(OC)cc2)sc2c1CCCCCC2. The van der Waals surface area contributed by atoms with Gasteiger partial charge >= 0.3 is 5.97 Å². The number of aromatic nitrogens is 2. The molecule has 4 rings (SSSR count). The summed E-state index contributed by atoms with van der Waals surface area (Å²) in [5.41, 5.74) is 2.16. The van der Waals surface area contributed by atoms with Crippen molar-refractivity contribution in [3.63, 3.8) is 0 Å². The van der Waals surface area contributed by atoms with E-state index in [9.17, 15) is 14.7 Å². The highest BCUT2D eigenvalue weighted by Crippen LogP contribution is 2.38. The van der Waals surface area contributed by atoms with Crippen molar-refractivity contribution in [1.82, 2.24) is 5.27 Å². The average Bonchev–Trinajstić information content (AvgIpc) is 3.38. The molecule has 0 saturated heterocycles. The average molecular weight is 532 g/mol. The van der Waals surface area contributed by atoms with E-state index in [0.717, 1.165) is 42.5 Å². The number of carbonyl (C=O) groups excluding carboxylic acids is 2. The molecular weight excluding hydrogens is 502 g/mol. The zero-order valence-electron chi connectivity index (χ0n) is 20.3. The van der Waals surface area contributed by atoms with Gasteiger partial charge in [0.2, 0.25) is 11.6 Å². The van der Waals surface area contributed by atoms with Gasteiger partial charge in [0.25, 0.3) is 5.03 Å². The number of esters is 1. The van der Waals surface area contributed by atoms with Crippen molar-refractivity contribution >= 4 is 40.0 Å². The lowest BCUT2D eigenvalue weighted by atomic mass is 9.96. The van der Waals surface area contributed by atoms with Crippen LogP contribution in [0, 0.1) is 0 Å². The molecule has 1 aliphatic rings. The number of methoxy groups -OCH3 is 1. The second kappa shape index (κ2) is 12.3. The standard InChI is InChI=1S/C25H29N3O6S2/c1-3-33-24(30)21-18-8-6-4-5-7-9-19(18)36-22(21)26-20(29)14-15-35-23-25(31)34-27-28(23)16-10-12-17(32-2)13-11-16/h10-13H,3-9,14-15H2,1-2H3,(H-,26,27,29,30,31). The van der Waals surface area contributed by atoms with Gasteiger partial charge in [-0.1, -0.05) is 24.6 Å². The van der Waals surface area contributed by atoms with E-state index in [-0.39, 0.29) is 29.9 Å². The second-order valence-electron chi connectivity index (χ2n) is 8.26. The topological polar surface area (TPSA) is 118 Å². The van der Waals surface area contributed by atoms with Gasteiger partial charge in [0.15, 0.2) is 5.95 Å². The summed E-state index contributed by atoms with van der Waals surface area (Å²) in [6.07, 6.45) is 6.27. The highest BCUT2D eigenvalue weighted by atomic mass is 32.2. The zero-order valence-corrected chi connectivity index (χ0v) is 22.0. The van der Waals surface area contributed by atoms with Crippen LogP contribution in [0.1, 0.15) is 59.8 Å². The molecule has 1 aliphatic carbocycles. The molecule has 192 valence electrons. The largest absolute Gasteiger partial charge is 0.538 e. The summed E-state index contributed by atoms with van der Waals surface area (Å²) >= 11 is 2.66. The fraction of sp³-hybridized carbons (Fsp3) is 0.440. The van der Waals surface area contributed by atoms with Crippen molar-refractivity contribution in [2.75, 3.05) is 24.8 Å². The molecule has 0 spiro atoms. The van der Waals surface area contributed by atoms with Gasteiger partial charge in [-0.3, -0.25) is 4.79 Å². The minimum atomic E-state index is -0.570. The number of ether oxygens (including phenoxy) is 2. The first-order valence-electron chi connectivity index (χ1n) is 12.0. The normalized spacial score (nSPS) is 13.4. The second-order valence-corrected chi connectivity index (χ2v) is 10.5. The van der Waals surface area contributed by atoms with Crippen LogP contribution in [0.15, 0.2) is 33.8 Å². The highest BCUT2D eigenvalue weighted by Gasteiger charge is 2.27. The Balaban J connectivity index is 1.43. The van der Waals surface area contributed by atoms with Gasteiger partial charge in [0, 0.05) is 29.2 Å². The Hall–Kier alpha value is -3.05. The lowest BCUT2D eigenvalue weighted by Gasteiger charge is -2.11. The minimum absolute atomic E-state index is 0.142. The molecule has 1 N–H and O–H groups in total. The van der Waals surface area contributed by atoms with Crippen LogP contribution in [0.5, 0.6) is 11.7 Å². The van der Waals surface area contributed by atoms with Crippen molar-refractivity contribution in [1.29, 1.82) is 0 Å². The molecule has 0 saturated carbocycles. The number of nitrogens with zero attached hydrogens (tertiary/aromatic N) is 2. The van der Waals surface area contributed by atoms with Crippen LogP contribution in [-0.2, 0) is 22.4 Å². The third kappa shape index (κ3) is 6.01. The molecule has 11 heteroatoms. The lowest BCUT2D eigenvalue weighted by Crippen LogP contribution is -2.34. The third-order valence-corrected chi connectivity index (χ3v) is 8.09. The van der Waals surface area contributed by atoms with E-state index in [1.807, 2.05) is 0 Å². The maximum Gasteiger partial charge on any atom is 0.341 e. The number of fused-ring (bicyclic) bond motifs is 1. The molecule has 2 aromatic heterocycles. The minimum Gasteiger partial charge on any atom is -0.538 e. The van der Waals surface area contributed by atoms with Gasteiger partial charge in [0.1, 0.15) is 10.8 Å². The maximum absolute atomic E-state index is 12.8. The van der Waals surface area contributed by atoms with Crippen molar-refractivity contribution in [2.45, 2.75) is 56.9 Å². The fourth-order valence-electron chi connectivity index (χ4n) is 4.10. The van der Waals surface area contributed by atoms with Gasteiger partial charge in [-0.05, 0) is 55.0 Å². The highest BCUT2D eigenvalue weighted by molar-refractivity contribution is 7.99. The maximum atomic E-state index is 12.8. The number of thiophene rings is 1. The van der Waals surface area contributed by atoms with Crippen LogP contribution >= 0.6 is 23.1 Å². The summed E-state index contributed by atoms with van der Waals surface area (Å²) in [7, 11) is 1.57. The Morgan fingerprint density at radius 3 is 2.67 bits per heavy atom. The summed E-state index contributed by atoms with van der Waals surface area (Å²) in [6.45, 7) is 2.05. The summed E-state index contributed by atoms with van der Waals surface area (Å²) in [6, 6.07) is 7.04. The molecule has 1 aromatic carbocycles. The number of aryl methyl sites for hydroxylation is 1. The molecule has 9 nitrogen and oxygen atoms in total. The van der Waals surface area contributed by atoms with E-state index in [0.29, 0.717) is 27.8 Å². The Kier molecular flexibility index (Phi) is 8.87. The smallest absolute Gasteiger partial charge is 0.341 e. The predicted octanol–water partition coefficient (Wildman–Crippen LogP) is 4.05. The molecule has 3 aromatic rings. The molecule has 0 unspecified atom stereocenters. The van der Waals surface area contributed by atoms with E-state index in [4.69, 9.17) is 14.0 Å². The first-order valence-corrected chi connectivity index (χ1v) is 13.8. The van der Waals surface area contributed by atoms with Gasteiger partial charge in [-0.2, -0.15) is 0 Å². The van der Waals surface area contributed by atoms with Crippen LogP contribution in [0.4, 0.5) is 5.00 Å². The van der Waals surface area contributed by atoms with Gasteiger partial charge < -0.3 is 24.4 Å². The van der Waals surface area contributed by atoms with Gasteiger partial charge in [-0.25, -0.2) is 4.79 Å². The molecule has 1 amide bonds. The molecule has 36 heavy (non-hydrogen) atoms. The number of hydrogen-bond acceptors (Lipinski definition) is 9. The first-order chi connectivity index (χ1) is 17.5. The molecule has 0 atom stereocenters. The Labute approximate surface area is 217 Å². The molecular formula is C25H29N3O6S2. The number of benzene rings is 1. The number of nitrogens with one attached hydrogen (secondary N) is 1. The monoisotopic (exact) mass is 531 g/mol. The van der Waals surface area contributed by atoms with Crippen LogP contribution in [0.2, 0.25) is 0 Å². The van der Waals surface area contributed by atoms with Crippen molar-refractivity contribution < 1.29 is 33.4 Å². The van der Waals surface area contributed by atoms with E-state index in [2.05, 4.69) is 10.6 Å². The number of carbonyl (C=O) groups is 2. The van der Waals surface area contributed by atoms with Gasteiger partial charge in [0.05, 0.1) is 24.6 Å². The number of thioether (sulfide) groups is 1. The van der Waals surface area contributed by atoms with Crippen LogP contribution in [-0.4, -0.2) is 36.6 Å². The van der Waals surface area contributed by atoms with Crippen molar-refractivity contribution in [2.24, 2.45) is 0 Å². The van der Waals surface area contributed by atoms with E-state index >= 15 is 0 Å². The van der Waals surface area contributed by atoms with E-state index in [1.165, 1.54) is 34.2 Å². The molecule has 0 bridgehead atoms. The van der Waals surface area contributed by atoms with Gasteiger partial charge in [-0.15, -0.1) is 11.3 Å². The predicted molar refractivity (Wildman–Crippen MR) is 134 cm³/mol. The Morgan fingerprint density at radius 1 is 1.19 bits per heavy atom. The summed E-state index contributed by atoms with van der Waals surface area (Å²) in [5, 5.41) is 19.8. The summed E-state index contributed by atoms with van der Waals surface area (Å²) in [5.74, 6) is -0.180. The first kappa shape index (κ1) is 26.0. The van der Waals surface area contributed by atoms with E-state index in [1.54, 1.807) is 38.3 Å². The van der Waals surface area contributed by atoms with Crippen molar-refractivity contribution in [3.8, 4) is 17.4 Å². The molecule has 2 heterocycles. The van der Waals surface area contributed by atoms with Crippen LogP contribution in [0.25, 0.3) is 5.69 Å². The van der Waals surface area contributed by atoms with Crippen LogP contribution < -0.4 is 19.8 Å². The molecule has 0 radical (unpaired) electrons. The number of anilines is 1. The number of hydrogen-bond donors (Lipinski definition) is 1. The quantitative estimate of drug-likeness (QED) is 0.250. The van der Waals surface area contributed by atoms with Crippen molar-refractivity contribution in [3.05, 3.63) is 40.3 Å². The third-order valence-electron chi connectivity index (χ3n) is 5.86. The number of rotatable bonds is 9. The fourth-order valence-corrected chi connectivity index (χ4v) is 6.30. The zero-order chi connectivity index (χ0) is 25.5.